The van der Waals surface area contributed by atoms with Crippen molar-refractivity contribution >= 4 is 17.5 Å². The van der Waals surface area contributed by atoms with Gasteiger partial charge in [-0.15, -0.1) is 0 Å². The topological polar surface area (TPSA) is 88.3 Å². The summed E-state index contributed by atoms with van der Waals surface area (Å²) >= 11 is 0. The van der Waals surface area contributed by atoms with E-state index in [1.54, 1.807) is 12.1 Å². The van der Waals surface area contributed by atoms with Crippen molar-refractivity contribution in [3.8, 4) is 0 Å². The summed E-state index contributed by atoms with van der Waals surface area (Å²) < 4.78 is 38.4. The minimum Gasteiger partial charge on any atom is -0.370 e. The Morgan fingerprint density at radius 3 is 2.72 bits per heavy atom. The van der Waals surface area contributed by atoms with Crippen molar-refractivity contribution in [2.45, 2.75) is 32.0 Å². The van der Waals surface area contributed by atoms with Crippen LogP contribution in [0.2, 0.25) is 0 Å². The van der Waals surface area contributed by atoms with E-state index < -0.39 is 17.6 Å². The van der Waals surface area contributed by atoms with E-state index in [0.29, 0.717) is 24.8 Å². The lowest BCUT2D eigenvalue weighted by Crippen LogP contribution is -2.35. The predicted octanol–water partition coefficient (Wildman–Crippen LogP) is 3.15. The number of anilines is 1. The molecule has 0 bridgehead atoms. The van der Waals surface area contributed by atoms with Crippen LogP contribution in [0, 0.1) is 0 Å². The van der Waals surface area contributed by atoms with Crippen molar-refractivity contribution in [2.24, 2.45) is 5.73 Å². The Hall–Kier alpha value is -2.94. The highest BCUT2D eigenvalue weighted by molar-refractivity contribution is 6.04. The maximum Gasteiger partial charge on any atom is 0.417 e. The number of hydrogen-bond acceptors (Lipinski definition) is 4. The molecule has 0 spiro atoms. The van der Waals surface area contributed by atoms with Gasteiger partial charge in [0.05, 0.1) is 17.4 Å². The number of nitrogens with two attached hydrogens (primary N) is 1. The number of aromatic nitrogens is 1. The molecule has 0 fully saturated rings. The zero-order valence-electron chi connectivity index (χ0n) is 15.8. The number of pyridine rings is 1. The highest BCUT2D eigenvalue weighted by atomic mass is 19.4. The second kappa shape index (κ2) is 8.20. The summed E-state index contributed by atoms with van der Waals surface area (Å²) in [5, 5.41) is 2.46. The van der Waals surface area contributed by atoms with E-state index in [1.165, 1.54) is 6.20 Å². The van der Waals surface area contributed by atoms with Crippen LogP contribution in [0.4, 0.5) is 18.9 Å². The van der Waals surface area contributed by atoms with Crippen LogP contribution in [0.25, 0.3) is 0 Å². The first-order valence-corrected chi connectivity index (χ1v) is 9.10. The second-order valence-corrected chi connectivity index (χ2v) is 7.18. The lowest BCUT2D eigenvalue weighted by molar-refractivity contribution is -0.137. The fraction of sp³-hybridized carbons (Fsp3) is 0.350. The molecule has 29 heavy (non-hydrogen) atoms. The van der Waals surface area contributed by atoms with Crippen LogP contribution >= 0.6 is 0 Å². The van der Waals surface area contributed by atoms with Gasteiger partial charge in [0.2, 0.25) is 5.91 Å². The Balaban J connectivity index is 1.76. The fourth-order valence-corrected chi connectivity index (χ4v) is 3.46. The Labute approximate surface area is 165 Å². The summed E-state index contributed by atoms with van der Waals surface area (Å²) in [6.45, 7) is 3.94. The molecule has 0 radical (unpaired) electrons. The Morgan fingerprint density at radius 2 is 2.03 bits per heavy atom. The average Bonchev–Trinajstić information content (AvgIpc) is 2.65. The molecule has 0 saturated carbocycles. The highest BCUT2D eigenvalue weighted by Crippen LogP contribution is 2.31. The molecular weight excluding hydrogens is 385 g/mol. The predicted molar refractivity (Wildman–Crippen MR) is 101 cm³/mol. The average molecular weight is 406 g/mol. The van der Waals surface area contributed by atoms with E-state index in [0.717, 1.165) is 23.7 Å². The largest absolute Gasteiger partial charge is 0.417 e. The Kier molecular flexibility index (Phi) is 5.88. The van der Waals surface area contributed by atoms with Gasteiger partial charge in [0.1, 0.15) is 0 Å². The second-order valence-electron chi connectivity index (χ2n) is 7.18. The molecule has 3 N–H and O–H groups in total. The van der Waals surface area contributed by atoms with Gasteiger partial charge in [0.15, 0.2) is 0 Å². The first kappa shape index (κ1) is 20.8. The van der Waals surface area contributed by atoms with E-state index in [4.69, 9.17) is 5.73 Å². The van der Waals surface area contributed by atoms with Gasteiger partial charge in [0, 0.05) is 37.8 Å². The summed E-state index contributed by atoms with van der Waals surface area (Å²) in [7, 11) is 0. The molecule has 0 saturated heterocycles. The van der Waals surface area contributed by atoms with Crippen molar-refractivity contribution in [3.05, 3.63) is 58.9 Å². The van der Waals surface area contributed by atoms with Crippen LogP contribution in [0.5, 0.6) is 0 Å². The van der Waals surface area contributed by atoms with Gasteiger partial charge in [-0.1, -0.05) is 13.0 Å². The molecule has 2 heterocycles. The molecule has 9 heteroatoms. The standard InChI is InChI=1S/C20H21F3N4O2/c1-12-10-27(5-4-18(24)28)11-14-6-13(2-3-17(12)14)19(29)26-16-7-15(8-25-9-16)20(21,22)23/h2-3,6-9,12H,4-5,10-11H2,1H3,(H2,24,28)(H,26,29). The molecule has 1 atom stereocenters. The molecule has 6 nitrogen and oxygen atoms in total. The highest BCUT2D eigenvalue weighted by Gasteiger charge is 2.31. The number of primary amides is 1. The fourth-order valence-electron chi connectivity index (χ4n) is 3.46. The number of amides is 2. The molecule has 1 aromatic carbocycles. The maximum absolute atomic E-state index is 12.8. The SMILES string of the molecule is CC1CN(CCC(N)=O)Cc2cc(C(=O)Nc3cncc(C(F)(F)F)c3)ccc21. The number of hydrogen-bond donors (Lipinski definition) is 2. The lowest BCUT2D eigenvalue weighted by atomic mass is 9.89. The quantitative estimate of drug-likeness (QED) is 0.799. The molecule has 1 aromatic heterocycles. The first-order valence-electron chi connectivity index (χ1n) is 9.10. The normalized spacial score (nSPS) is 16.9. The molecule has 1 unspecified atom stereocenters. The van der Waals surface area contributed by atoms with Crippen molar-refractivity contribution in [3.63, 3.8) is 0 Å². The van der Waals surface area contributed by atoms with Crippen molar-refractivity contribution < 1.29 is 22.8 Å². The molecule has 2 amide bonds. The number of benzene rings is 1. The third-order valence-corrected chi connectivity index (χ3v) is 4.86. The summed E-state index contributed by atoms with van der Waals surface area (Å²) in [4.78, 5) is 29.2. The Morgan fingerprint density at radius 1 is 1.28 bits per heavy atom. The van der Waals surface area contributed by atoms with Crippen LogP contribution in [0.3, 0.4) is 0 Å². The van der Waals surface area contributed by atoms with E-state index in [-0.39, 0.29) is 23.9 Å². The molecule has 1 aliphatic heterocycles. The number of rotatable bonds is 5. The molecule has 1 aliphatic rings. The van der Waals surface area contributed by atoms with Gasteiger partial charge in [-0.3, -0.25) is 19.5 Å². The summed E-state index contributed by atoms with van der Waals surface area (Å²) in [6.07, 6.45) is -2.41. The van der Waals surface area contributed by atoms with Gasteiger partial charge in [0.25, 0.3) is 5.91 Å². The van der Waals surface area contributed by atoms with Crippen molar-refractivity contribution in [1.29, 1.82) is 0 Å². The van der Waals surface area contributed by atoms with Gasteiger partial charge in [-0.05, 0) is 35.2 Å². The summed E-state index contributed by atoms with van der Waals surface area (Å²) in [5.74, 6) is -0.668. The number of fused-ring (bicyclic) bond motifs is 1. The minimum atomic E-state index is -4.54. The van der Waals surface area contributed by atoms with Crippen molar-refractivity contribution in [2.75, 3.05) is 18.4 Å². The zero-order valence-corrected chi connectivity index (χ0v) is 15.8. The number of nitrogens with one attached hydrogen (secondary N) is 1. The van der Waals surface area contributed by atoms with E-state index >= 15 is 0 Å². The summed E-state index contributed by atoms with van der Waals surface area (Å²) in [5.41, 5.74) is 6.65. The molecule has 154 valence electrons. The zero-order chi connectivity index (χ0) is 21.2. The molecule has 0 aliphatic carbocycles. The minimum absolute atomic E-state index is 0.0287. The first-order chi connectivity index (χ1) is 13.6. The van der Waals surface area contributed by atoms with E-state index in [9.17, 15) is 22.8 Å². The number of nitrogens with zero attached hydrogens (tertiary/aromatic N) is 2. The van der Waals surface area contributed by atoms with Crippen LogP contribution in [-0.4, -0.2) is 34.8 Å². The Bertz CT molecular complexity index is 930. The third kappa shape index (κ3) is 5.11. The van der Waals surface area contributed by atoms with E-state index in [1.807, 2.05) is 6.07 Å². The maximum atomic E-state index is 12.8. The number of carbonyl (C=O) groups excluding carboxylic acids is 2. The molecule has 3 rings (SSSR count). The summed E-state index contributed by atoms with van der Waals surface area (Å²) in [6, 6.07) is 6.10. The molecule has 2 aromatic rings. The van der Waals surface area contributed by atoms with Gasteiger partial charge < -0.3 is 11.1 Å². The van der Waals surface area contributed by atoms with Crippen molar-refractivity contribution in [1.82, 2.24) is 9.88 Å². The van der Waals surface area contributed by atoms with E-state index in [2.05, 4.69) is 22.1 Å². The monoisotopic (exact) mass is 406 g/mol. The van der Waals surface area contributed by atoms with Gasteiger partial charge in [-0.25, -0.2) is 0 Å². The van der Waals surface area contributed by atoms with Crippen LogP contribution in [-0.2, 0) is 17.5 Å². The van der Waals surface area contributed by atoms with Gasteiger partial charge in [-0.2, -0.15) is 13.2 Å². The smallest absolute Gasteiger partial charge is 0.370 e. The third-order valence-electron chi connectivity index (χ3n) is 4.86. The van der Waals surface area contributed by atoms with Gasteiger partial charge >= 0.3 is 6.18 Å². The number of carbonyl (C=O) groups is 2. The van der Waals surface area contributed by atoms with Crippen LogP contribution in [0.1, 0.15) is 46.3 Å². The van der Waals surface area contributed by atoms with Crippen LogP contribution < -0.4 is 11.1 Å². The lowest BCUT2D eigenvalue weighted by Gasteiger charge is -2.33. The molecular formula is C20H21F3N4O2. The number of halogens is 3. The number of alkyl halides is 3. The van der Waals surface area contributed by atoms with Crippen LogP contribution in [0.15, 0.2) is 36.7 Å².